The van der Waals surface area contributed by atoms with E-state index in [0.29, 0.717) is 6.54 Å². The molecular weight excluding hydrogens is 262 g/mol. The summed E-state index contributed by atoms with van der Waals surface area (Å²) in [5.74, 6) is 0.796. The summed E-state index contributed by atoms with van der Waals surface area (Å²) < 4.78 is 5.10. The topological polar surface area (TPSA) is 41.5 Å². The molecule has 0 amide bonds. The zero-order chi connectivity index (χ0) is 14.9. The van der Waals surface area contributed by atoms with Crippen LogP contribution in [0.5, 0.6) is 5.75 Å². The van der Waals surface area contributed by atoms with Gasteiger partial charge in [0.05, 0.1) is 13.2 Å². The van der Waals surface area contributed by atoms with Gasteiger partial charge in [0.2, 0.25) is 0 Å². The van der Waals surface area contributed by atoms with Crippen molar-refractivity contribution < 1.29 is 9.84 Å². The van der Waals surface area contributed by atoms with Crippen LogP contribution in [0.2, 0.25) is 0 Å². The Morgan fingerprint density at radius 3 is 2.48 bits per heavy atom. The third kappa shape index (κ3) is 5.06. The van der Waals surface area contributed by atoms with Gasteiger partial charge in [0, 0.05) is 13.1 Å². The van der Waals surface area contributed by atoms with Gasteiger partial charge >= 0.3 is 0 Å². The summed E-state index contributed by atoms with van der Waals surface area (Å²) in [6.45, 7) is 1.24. The smallest absolute Gasteiger partial charge is 0.118 e. The van der Waals surface area contributed by atoms with Crippen molar-refractivity contribution in [3.63, 3.8) is 0 Å². The van der Waals surface area contributed by atoms with Crippen LogP contribution in [-0.2, 0) is 0 Å². The van der Waals surface area contributed by atoms with Crippen LogP contribution in [0.15, 0.2) is 60.7 Å². The lowest BCUT2D eigenvalue weighted by molar-refractivity contribution is 0.176. The van der Waals surface area contributed by atoms with E-state index in [0.717, 1.165) is 17.9 Å². The molecular formula is C18H21NO2. The van der Waals surface area contributed by atoms with E-state index in [1.165, 1.54) is 5.56 Å². The van der Waals surface area contributed by atoms with Crippen molar-refractivity contribution in [3.05, 3.63) is 71.8 Å². The third-order valence-corrected chi connectivity index (χ3v) is 3.21. The number of nitrogens with one attached hydrogen (secondary N) is 1. The molecule has 0 aliphatic carbocycles. The number of ether oxygens (including phenoxy) is 1. The fourth-order valence-electron chi connectivity index (χ4n) is 2.01. The van der Waals surface area contributed by atoms with Gasteiger partial charge < -0.3 is 15.2 Å². The Hall–Kier alpha value is -2.10. The van der Waals surface area contributed by atoms with Crippen LogP contribution in [0.25, 0.3) is 6.08 Å². The Morgan fingerprint density at radius 1 is 1.10 bits per heavy atom. The van der Waals surface area contributed by atoms with Gasteiger partial charge in [0.1, 0.15) is 5.75 Å². The summed E-state index contributed by atoms with van der Waals surface area (Å²) >= 11 is 0. The average molecular weight is 283 g/mol. The monoisotopic (exact) mass is 283 g/mol. The number of hydrogen-bond acceptors (Lipinski definition) is 3. The fraction of sp³-hybridized carbons (Fsp3) is 0.222. The van der Waals surface area contributed by atoms with Gasteiger partial charge in [0.25, 0.3) is 0 Å². The van der Waals surface area contributed by atoms with E-state index in [1.54, 1.807) is 7.11 Å². The summed E-state index contributed by atoms with van der Waals surface area (Å²) in [4.78, 5) is 0. The molecule has 0 saturated heterocycles. The maximum absolute atomic E-state index is 10.1. The molecule has 2 aromatic carbocycles. The maximum atomic E-state index is 10.1. The summed E-state index contributed by atoms with van der Waals surface area (Å²) in [6, 6.07) is 17.6. The van der Waals surface area contributed by atoms with Gasteiger partial charge in [-0.15, -0.1) is 0 Å². The van der Waals surface area contributed by atoms with Gasteiger partial charge in [-0.3, -0.25) is 0 Å². The fourth-order valence-corrected chi connectivity index (χ4v) is 2.01. The molecule has 0 radical (unpaired) electrons. The standard InChI is InChI=1S/C18H21NO2/c1-21-17-11-9-16(10-12-17)18(20)14-19-13-5-8-15-6-3-2-4-7-15/h2-12,18-20H,13-14H2,1H3/b8-5-/t18-/m0/s1. The summed E-state index contributed by atoms with van der Waals surface area (Å²) in [5, 5.41) is 13.3. The van der Waals surface area contributed by atoms with Crippen molar-refractivity contribution in [1.29, 1.82) is 0 Å². The molecule has 2 aromatic rings. The zero-order valence-corrected chi connectivity index (χ0v) is 12.2. The van der Waals surface area contributed by atoms with E-state index in [9.17, 15) is 5.11 Å². The minimum atomic E-state index is -0.513. The Balaban J connectivity index is 1.73. The van der Waals surface area contributed by atoms with E-state index < -0.39 is 6.10 Å². The highest BCUT2D eigenvalue weighted by Crippen LogP contribution is 2.16. The molecule has 110 valence electrons. The average Bonchev–Trinajstić information content (AvgIpc) is 2.55. The Bertz CT molecular complexity index is 549. The molecule has 0 unspecified atom stereocenters. The van der Waals surface area contributed by atoms with Crippen molar-refractivity contribution in [2.24, 2.45) is 0 Å². The number of hydrogen-bond donors (Lipinski definition) is 2. The second kappa shape index (κ2) is 8.25. The van der Waals surface area contributed by atoms with Crippen LogP contribution >= 0.6 is 0 Å². The van der Waals surface area contributed by atoms with Crippen LogP contribution < -0.4 is 10.1 Å². The number of rotatable bonds is 7. The first-order valence-corrected chi connectivity index (χ1v) is 7.04. The molecule has 2 N–H and O–H groups in total. The highest BCUT2D eigenvalue weighted by molar-refractivity contribution is 5.48. The number of benzene rings is 2. The molecule has 1 atom stereocenters. The molecule has 0 heterocycles. The van der Waals surface area contributed by atoms with E-state index in [2.05, 4.69) is 29.6 Å². The van der Waals surface area contributed by atoms with Gasteiger partial charge in [-0.2, -0.15) is 0 Å². The molecule has 0 aromatic heterocycles. The summed E-state index contributed by atoms with van der Waals surface area (Å²) in [5.41, 5.74) is 2.06. The lowest BCUT2D eigenvalue weighted by Crippen LogP contribution is -2.21. The largest absolute Gasteiger partial charge is 0.497 e. The Morgan fingerprint density at radius 2 is 1.81 bits per heavy atom. The first-order chi connectivity index (χ1) is 10.3. The predicted molar refractivity (Wildman–Crippen MR) is 86.3 cm³/mol. The number of methoxy groups -OCH3 is 1. The Labute approximate surface area is 125 Å². The van der Waals surface area contributed by atoms with Gasteiger partial charge in [0.15, 0.2) is 0 Å². The summed E-state index contributed by atoms with van der Waals surface area (Å²) in [6.07, 6.45) is 3.60. The molecule has 0 spiro atoms. The second-order valence-electron chi connectivity index (χ2n) is 4.76. The second-order valence-corrected chi connectivity index (χ2v) is 4.76. The number of aliphatic hydroxyl groups excluding tert-OH is 1. The van der Waals surface area contributed by atoms with E-state index >= 15 is 0 Å². The Kier molecular flexibility index (Phi) is 6.00. The molecule has 0 aliphatic heterocycles. The first kappa shape index (κ1) is 15.3. The minimum Gasteiger partial charge on any atom is -0.497 e. The molecule has 0 bridgehead atoms. The van der Waals surface area contributed by atoms with Crippen molar-refractivity contribution in [2.75, 3.05) is 20.2 Å². The zero-order valence-electron chi connectivity index (χ0n) is 12.2. The lowest BCUT2D eigenvalue weighted by atomic mass is 10.1. The van der Waals surface area contributed by atoms with Crippen molar-refractivity contribution >= 4 is 6.08 Å². The predicted octanol–water partition coefficient (Wildman–Crippen LogP) is 3.03. The van der Waals surface area contributed by atoms with Crippen LogP contribution in [0.1, 0.15) is 17.2 Å². The van der Waals surface area contributed by atoms with Crippen molar-refractivity contribution in [2.45, 2.75) is 6.10 Å². The third-order valence-electron chi connectivity index (χ3n) is 3.21. The van der Waals surface area contributed by atoms with E-state index in [1.807, 2.05) is 42.5 Å². The number of aliphatic hydroxyl groups is 1. The van der Waals surface area contributed by atoms with Crippen molar-refractivity contribution in [3.8, 4) is 5.75 Å². The van der Waals surface area contributed by atoms with Gasteiger partial charge in [-0.1, -0.05) is 54.6 Å². The molecule has 0 saturated carbocycles. The quantitative estimate of drug-likeness (QED) is 0.767. The SMILES string of the molecule is COc1ccc([C@@H](O)CNC/C=C\c2ccccc2)cc1. The van der Waals surface area contributed by atoms with Gasteiger partial charge in [-0.25, -0.2) is 0 Å². The molecule has 0 aliphatic rings. The molecule has 0 fully saturated rings. The molecule has 2 rings (SSSR count). The normalized spacial score (nSPS) is 12.5. The molecule has 3 nitrogen and oxygen atoms in total. The van der Waals surface area contributed by atoms with Crippen LogP contribution in [0, 0.1) is 0 Å². The van der Waals surface area contributed by atoms with Crippen LogP contribution in [0.4, 0.5) is 0 Å². The highest BCUT2D eigenvalue weighted by Gasteiger charge is 2.06. The summed E-state index contributed by atoms with van der Waals surface area (Å²) in [7, 11) is 1.63. The lowest BCUT2D eigenvalue weighted by Gasteiger charge is -2.11. The van der Waals surface area contributed by atoms with E-state index in [4.69, 9.17) is 4.74 Å². The van der Waals surface area contributed by atoms with Crippen LogP contribution in [0.3, 0.4) is 0 Å². The molecule has 3 heteroatoms. The minimum absolute atomic E-state index is 0.513. The van der Waals surface area contributed by atoms with E-state index in [-0.39, 0.29) is 0 Å². The van der Waals surface area contributed by atoms with Gasteiger partial charge in [-0.05, 0) is 23.3 Å². The van der Waals surface area contributed by atoms with Crippen LogP contribution in [-0.4, -0.2) is 25.3 Å². The highest BCUT2D eigenvalue weighted by atomic mass is 16.5. The molecule has 21 heavy (non-hydrogen) atoms. The maximum Gasteiger partial charge on any atom is 0.118 e. The first-order valence-electron chi connectivity index (χ1n) is 7.04. The van der Waals surface area contributed by atoms with Crippen molar-refractivity contribution in [1.82, 2.24) is 5.32 Å².